The number of urea groups is 1. The maximum Gasteiger partial charge on any atom is 0.333 e. The Bertz CT molecular complexity index is 921. The van der Waals surface area contributed by atoms with Gasteiger partial charge in [0, 0.05) is 39.6 Å². The number of aliphatic carboxylic acids is 1. The van der Waals surface area contributed by atoms with Crippen LogP contribution in [-0.4, -0.2) is 101 Å². The van der Waals surface area contributed by atoms with Gasteiger partial charge in [0.05, 0.1) is 19.2 Å². The summed E-state index contributed by atoms with van der Waals surface area (Å²) in [6.07, 6.45) is 4.71. The molecule has 0 aromatic heterocycles. The lowest BCUT2D eigenvalue weighted by atomic mass is 10.0. The second-order valence-corrected chi connectivity index (χ2v) is 8.22. The van der Waals surface area contributed by atoms with E-state index in [0.717, 1.165) is 5.56 Å². The van der Waals surface area contributed by atoms with Gasteiger partial charge in [0.2, 0.25) is 5.91 Å². The zero-order chi connectivity index (χ0) is 24.7. The highest BCUT2D eigenvalue weighted by Crippen LogP contribution is 2.27. The fourth-order valence-electron chi connectivity index (χ4n) is 4.28. The van der Waals surface area contributed by atoms with Gasteiger partial charge in [0.1, 0.15) is 18.6 Å². The predicted molar refractivity (Wildman–Crippen MR) is 120 cm³/mol. The van der Waals surface area contributed by atoms with Crippen LogP contribution in [0.4, 0.5) is 9.18 Å². The third-order valence-corrected chi connectivity index (χ3v) is 5.98. The van der Waals surface area contributed by atoms with E-state index in [0.29, 0.717) is 13.1 Å². The predicted octanol–water partition coefficient (Wildman–Crippen LogP) is 0.551. The fraction of sp³-hybridized carbons (Fsp3) is 0.522. The molecule has 0 bridgehead atoms. The summed E-state index contributed by atoms with van der Waals surface area (Å²) in [5.41, 5.74) is 0.747. The molecular formula is C23H30FN5O5. The van der Waals surface area contributed by atoms with E-state index in [1.807, 2.05) is 4.90 Å². The number of benzene rings is 1. The number of nitrogens with zero attached hydrogens (tertiary/aromatic N) is 4. The molecule has 0 unspecified atom stereocenters. The average molecular weight is 476 g/mol. The standard InChI is InChI=1S/C23H30FN5O5/c1-3-13-34-14-12-27-16-20-28(19(22(27)32)8-9-21(30)31)11-10-26(2)29(20)23(33)25-15-17-4-6-18(24)7-5-17/h1,4-7,19-20H,8-16H2,2H3,(H,25,33)(H,30,31)/t19-,20-/m0/s1. The number of carboxylic acids is 1. The molecular weight excluding hydrogens is 445 g/mol. The molecule has 2 heterocycles. The first kappa shape index (κ1) is 25.4. The van der Waals surface area contributed by atoms with Crippen molar-refractivity contribution in [1.82, 2.24) is 25.1 Å². The summed E-state index contributed by atoms with van der Waals surface area (Å²) < 4.78 is 18.5. The molecule has 2 fully saturated rings. The highest BCUT2D eigenvalue weighted by Gasteiger charge is 2.47. The van der Waals surface area contributed by atoms with E-state index < -0.39 is 18.2 Å². The molecule has 2 aliphatic rings. The monoisotopic (exact) mass is 475 g/mol. The van der Waals surface area contributed by atoms with Crippen LogP contribution >= 0.6 is 0 Å². The maximum atomic E-state index is 13.2. The summed E-state index contributed by atoms with van der Waals surface area (Å²) in [5.74, 6) is 0.853. The number of amides is 3. The Morgan fingerprint density at radius 3 is 2.71 bits per heavy atom. The van der Waals surface area contributed by atoms with Gasteiger partial charge in [-0.05, 0) is 24.1 Å². The molecule has 11 heteroatoms. The first-order valence-electron chi connectivity index (χ1n) is 11.1. The van der Waals surface area contributed by atoms with E-state index in [2.05, 4.69) is 11.2 Å². The number of halogens is 1. The van der Waals surface area contributed by atoms with E-state index in [1.165, 1.54) is 12.1 Å². The van der Waals surface area contributed by atoms with Crippen LogP contribution in [0.3, 0.4) is 0 Å². The van der Waals surface area contributed by atoms with Gasteiger partial charge >= 0.3 is 12.0 Å². The second-order valence-electron chi connectivity index (χ2n) is 8.22. The summed E-state index contributed by atoms with van der Waals surface area (Å²) in [6.45, 7) is 2.10. The number of hydrazine groups is 1. The van der Waals surface area contributed by atoms with Crippen LogP contribution in [0.5, 0.6) is 0 Å². The lowest BCUT2D eigenvalue weighted by molar-refractivity contribution is -0.175. The van der Waals surface area contributed by atoms with Crippen molar-refractivity contribution in [1.29, 1.82) is 0 Å². The SMILES string of the molecule is C#CCOCCN1C[C@H]2N(CCN(C)N2C(=O)NCc2ccc(F)cc2)[C@@H](CCC(=O)O)C1=O. The Hall–Kier alpha value is -3.20. The molecule has 2 saturated heterocycles. The van der Waals surface area contributed by atoms with Crippen LogP contribution in [0.15, 0.2) is 24.3 Å². The Morgan fingerprint density at radius 1 is 1.29 bits per heavy atom. The van der Waals surface area contributed by atoms with Crippen molar-refractivity contribution in [3.05, 3.63) is 35.6 Å². The Morgan fingerprint density at radius 2 is 2.03 bits per heavy atom. The van der Waals surface area contributed by atoms with Gasteiger partial charge in [-0.3, -0.25) is 14.5 Å². The summed E-state index contributed by atoms with van der Waals surface area (Å²) in [7, 11) is 1.79. The number of carboxylic acid groups (broad SMARTS) is 1. The molecule has 2 atom stereocenters. The lowest BCUT2D eigenvalue weighted by Crippen LogP contribution is -2.74. The third-order valence-electron chi connectivity index (χ3n) is 5.98. The highest BCUT2D eigenvalue weighted by molar-refractivity contribution is 5.84. The second kappa shape index (κ2) is 11.8. The van der Waals surface area contributed by atoms with Crippen molar-refractivity contribution < 1.29 is 28.6 Å². The molecule has 2 N–H and O–H groups in total. The van der Waals surface area contributed by atoms with Gasteiger partial charge in [-0.25, -0.2) is 19.2 Å². The van der Waals surface area contributed by atoms with Crippen molar-refractivity contribution in [3.63, 3.8) is 0 Å². The van der Waals surface area contributed by atoms with Crippen molar-refractivity contribution in [3.8, 4) is 12.3 Å². The number of hydrogen-bond acceptors (Lipinski definition) is 6. The van der Waals surface area contributed by atoms with E-state index in [1.54, 1.807) is 34.1 Å². The summed E-state index contributed by atoms with van der Waals surface area (Å²) in [6, 6.07) is 4.83. The zero-order valence-corrected chi connectivity index (χ0v) is 19.2. The van der Waals surface area contributed by atoms with Gasteiger partial charge in [-0.15, -0.1) is 6.42 Å². The van der Waals surface area contributed by atoms with Gasteiger partial charge in [0.15, 0.2) is 0 Å². The minimum atomic E-state index is -0.984. The molecule has 0 spiro atoms. The van der Waals surface area contributed by atoms with E-state index in [9.17, 15) is 23.9 Å². The number of hydrogen-bond donors (Lipinski definition) is 2. The van der Waals surface area contributed by atoms with Crippen LogP contribution in [0, 0.1) is 18.2 Å². The number of carbonyl (C=O) groups is 3. The van der Waals surface area contributed by atoms with E-state index in [4.69, 9.17) is 11.2 Å². The maximum absolute atomic E-state index is 13.2. The van der Waals surface area contributed by atoms with Crippen LogP contribution in [0.1, 0.15) is 18.4 Å². The van der Waals surface area contributed by atoms with E-state index >= 15 is 0 Å². The molecule has 0 aliphatic carbocycles. The van der Waals surface area contributed by atoms with Crippen LogP contribution in [-0.2, 0) is 20.9 Å². The number of rotatable bonds is 9. The number of carbonyl (C=O) groups excluding carboxylic acids is 2. The zero-order valence-electron chi connectivity index (χ0n) is 19.2. The molecule has 1 aromatic rings. The summed E-state index contributed by atoms with van der Waals surface area (Å²) in [5, 5.41) is 15.4. The number of piperazine rings is 1. The Balaban J connectivity index is 1.76. The molecule has 0 radical (unpaired) electrons. The number of terminal acetylenes is 1. The molecule has 184 valence electrons. The molecule has 1 aromatic carbocycles. The van der Waals surface area contributed by atoms with Gasteiger partial charge in [-0.2, -0.15) is 0 Å². The molecule has 0 saturated carbocycles. The lowest BCUT2D eigenvalue weighted by Gasteiger charge is -2.54. The highest BCUT2D eigenvalue weighted by atomic mass is 19.1. The Kier molecular flexibility index (Phi) is 8.81. The normalized spacial score (nSPS) is 21.1. The molecule has 3 amide bonds. The largest absolute Gasteiger partial charge is 0.481 e. The minimum absolute atomic E-state index is 0.126. The van der Waals surface area contributed by atoms with Crippen molar-refractivity contribution in [2.24, 2.45) is 0 Å². The van der Waals surface area contributed by atoms with Gasteiger partial charge in [-0.1, -0.05) is 18.1 Å². The smallest absolute Gasteiger partial charge is 0.333 e. The number of ether oxygens (including phenoxy) is 1. The fourth-order valence-corrected chi connectivity index (χ4v) is 4.28. The van der Waals surface area contributed by atoms with Crippen molar-refractivity contribution >= 4 is 17.9 Å². The Labute approximate surface area is 198 Å². The summed E-state index contributed by atoms with van der Waals surface area (Å²) >= 11 is 0. The van der Waals surface area contributed by atoms with Crippen LogP contribution in [0.25, 0.3) is 0 Å². The van der Waals surface area contributed by atoms with Crippen LogP contribution in [0.2, 0.25) is 0 Å². The van der Waals surface area contributed by atoms with Gasteiger partial charge in [0.25, 0.3) is 0 Å². The molecule has 34 heavy (non-hydrogen) atoms. The summed E-state index contributed by atoms with van der Waals surface area (Å²) in [4.78, 5) is 41.1. The van der Waals surface area contributed by atoms with Crippen LogP contribution < -0.4 is 5.32 Å². The quantitative estimate of drug-likeness (QED) is 0.397. The first-order chi connectivity index (χ1) is 16.3. The molecule has 3 rings (SSSR count). The van der Waals surface area contributed by atoms with Crippen molar-refractivity contribution in [2.75, 3.05) is 46.4 Å². The third kappa shape index (κ3) is 6.22. The topological polar surface area (TPSA) is 106 Å². The minimum Gasteiger partial charge on any atom is -0.481 e. The van der Waals surface area contributed by atoms with Gasteiger partial charge < -0.3 is 20.1 Å². The average Bonchev–Trinajstić information content (AvgIpc) is 2.81. The first-order valence-corrected chi connectivity index (χ1v) is 11.1. The van der Waals surface area contributed by atoms with Crippen molar-refractivity contribution in [2.45, 2.75) is 31.6 Å². The number of nitrogens with one attached hydrogen (secondary N) is 1. The number of fused-ring (bicyclic) bond motifs is 1. The molecule has 10 nitrogen and oxygen atoms in total. The van der Waals surface area contributed by atoms with E-state index in [-0.39, 0.29) is 63.4 Å². The molecule has 2 aliphatic heterocycles. The number of likely N-dealkylation sites (N-methyl/N-ethyl adjacent to an activating group) is 1.